The number of anilines is 1. The van der Waals surface area contributed by atoms with E-state index in [1.807, 2.05) is 24.5 Å². The van der Waals surface area contributed by atoms with Gasteiger partial charge in [-0.2, -0.15) is 5.10 Å². The van der Waals surface area contributed by atoms with Gasteiger partial charge >= 0.3 is 6.09 Å². The molecule has 1 aromatic carbocycles. The normalized spacial score (nSPS) is 10.5. The Bertz CT molecular complexity index is 832. The van der Waals surface area contributed by atoms with Crippen LogP contribution in [-0.4, -0.2) is 37.6 Å². The van der Waals surface area contributed by atoms with Crippen LogP contribution in [0.5, 0.6) is 0 Å². The van der Waals surface area contributed by atoms with Crippen molar-refractivity contribution in [1.82, 2.24) is 20.2 Å². The van der Waals surface area contributed by atoms with E-state index in [4.69, 9.17) is 5.11 Å². The van der Waals surface area contributed by atoms with Gasteiger partial charge in [0.25, 0.3) is 0 Å². The molecule has 0 saturated heterocycles. The molecular weight excluding hydrogens is 314 g/mol. The Balaban J connectivity index is 1.95. The van der Waals surface area contributed by atoms with Gasteiger partial charge in [-0.15, -0.1) is 0 Å². The number of hydrogen-bond acceptors (Lipinski definition) is 5. The van der Waals surface area contributed by atoms with E-state index in [1.165, 1.54) is 11.8 Å². The summed E-state index contributed by atoms with van der Waals surface area (Å²) >= 11 is 1.47. The highest BCUT2D eigenvalue weighted by Gasteiger charge is 2.12. The number of H-pyrrole nitrogens is 1. The Hall–Kier alpha value is -2.87. The Morgan fingerprint density at radius 1 is 1.26 bits per heavy atom. The lowest BCUT2D eigenvalue weighted by atomic mass is 10.1. The minimum atomic E-state index is -1.09. The Morgan fingerprint density at radius 3 is 2.74 bits per heavy atom. The predicted molar refractivity (Wildman–Crippen MR) is 88.5 cm³/mol. The van der Waals surface area contributed by atoms with Crippen molar-refractivity contribution in [2.45, 2.75) is 5.16 Å². The van der Waals surface area contributed by atoms with Crippen molar-refractivity contribution >= 4 is 23.5 Å². The van der Waals surface area contributed by atoms with E-state index >= 15 is 0 Å². The molecular formula is C15H13N5O2S. The van der Waals surface area contributed by atoms with Gasteiger partial charge in [0, 0.05) is 23.0 Å². The minimum absolute atomic E-state index is 0.508. The number of rotatable bonds is 4. The number of benzene rings is 1. The molecule has 0 saturated carbocycles. The van der Waals surface area contributed by atoms with E-state index in [0.29, 0.717) is 10.8 Å². The molecule has 0 aliphatic carbocycles. The predicted octanol–water partition coefficient (Wildman–Crippen LogP) is 3.35. The quantitative estimate of drug-likeness (QED) is 0.501. The first-order valence-corrected chi connectivity index (χ1v) is 7.91. The zero-order valence-electron chi connectivity index (χ0n) is 12.1. The third-order valence-corrected chi connectivity index (χ3v) is 3.72. The van der Waals surface area contributed by atoms with Gasteiger partial charge in [0.2, 0.25) is 0 Å². The van der Waals surface area contributed by atoms with Gasteiger partial charge in [0.1, 0.15) is 0 Å². The molecule has 3 aromatic rings. The molecule has 2 aromatic heterocycles. The fourth-order valence-electron chi connectivity index (χ4n) is 2.13. The zero-order valence-corrected chi connectivity index (χ0v) is 13.0. The van der Waals surface area contributed by atoms with E-state index < -0.39 is 6.09 Å². The van der Waals surface area contributed by atoms with Gasteiger partial charge in [0.05, 0.1) is 17.6 Å². The van der Waals surface area contributed by atoms with E-state index in [2.05, 4.69) is 25.5 Å². The lowest BCUT2D eigenvalue weighted by molar-refractivity contribution is 0.210. The van der Waals surface area contributed by atoms with Crippen molar-refractivity contribution in [3.8, 4) is 22.5 Å². The first-order chi connectivity index (χ1) is 11.2. The molecule has 1 amide bonds. The molecule has 8 heteroatoms. The highest BCUT2D eigenvalue weighted by Crippen LogP contribution is 2.30. The van der Waals surface area contributed by atoms with E-state index in [1.54, 1.807) is 24.5 Å². The van der Waals surface area contributed by atoms with Crippen molar-refractivity contribution in [2.24, 2.45) is 0 Å². The molecule has 23 heavy (non-hydrogen) atoms. The van der Waals surface area contributed by atoms with Crippen LogP contribution >= 0.6 is 11.8 Å². The second-order valence-corrected chi connectivity index (χ2v) is 5.37. The van der Waals surface area contributed by atoms with Gasteiger partial charge in [-0.05, 0) is 24.5 Å². The van der Waals surface area contributed by atoms with Gasteiger partial charge < -0.3 is 5.11 Å². The maximum atomic E-state index is 10.6. The number of nitrogens with zero attached hydrogens (tertiary/aromatic N) is 3. The second kappa shape index (κ2) is 6.49. The highest BCUT2D eigenvalue weighted by atomic mass is 32.2. The summed E-state index contributed by atoms with van der Waals surface area (Å²) in [6, 6.07) is 8.86. The van der Waals surface area contributed by atoms with Crippen LogP contribution in [0.25, 0.3) is 22.5 Å². The molecule has 0 fully saturated rings. The molecule has 7 nitrogen and oxygen atoms in total. The number of carboxylic acid groups (broad SMARTS) is 1. The number of hydrogen-bond donors (Lipinski definition) is 3. The molecule has 2 heterocycles. The smallest absolute Gasteiger partial charge is 0.409 e. The number of amides is 1. The van der Waals surface area contributed by atoms with E-state index in [0.717, 1.165) is 22.5 Å². The largest absolute Gasteiger partial charge is 0.465 e. The lowest BCUT2D eigenvalue weighted by Crippen LogP contribution is -2.06. The maximum Gasteiger partial charge on any atom is 0.409 e. The summed E-state index contributed by atoms with van der Waals surface area (Å²) in [5.41, 5.74) is 3.85. The molecule has 0 radical (unpaired) electrons. The van der Waals surface area contributed by atoms with Gasteiger partial charge in [-0.1, -0.05) is 23.9 Å². The molecule has 0 aliphatic heterocycles. The van der Waals surface area contributed by atoms with Gasteiger partial charge in [0.15, 0.2) is 5.16 Å². The van der Waals surface area contributed by atoms with Crippen LogP contribution in [0.3, 0.4) is 0 Å². The summed E-state index contributed by atoms with van der Waals surface area (Å²) in [6.07, 6.45) is 4.25. The molecule has 0 unspecified atom stereocenters. The zero-order chi connectivity index (χ0) is 16.2. The Kier molecular flexibility index (Phi) is 4.24. The number of thioether (sulfide) groups is 1. The topological polar surface area (TPSA) is 104 Å². The summed E-state index contributed by atoms with van der Waals surface area (Å²) in [5, 5.41) is 18.8. The summed E-state index contributed by atoms with van der Waals surface area (Å²) in [7, 11) is 0. The fraction of sp³-hybridized carbons (Fsp3) is 0.0667. The van der Waals surface area contributed by atoms with E-state index in [-0.39, 0.29) is 0 Å². The Labute approximate surface area is 136 Å². The van der Waals surface area contributed by atoms with Crippen LogP contribution in [0.4, 0.5) is 10.5 Å². The Morgan fingerprint density at radius 2 is 2.04 bits per heavy atom. The monoisotopic (exact) mass is 327 g/mol. The third kappa shape index (κ3) is 3.32. The van der Waals surface area contributed by atoms with Crippen LogP contribution < -0.4 is 5.32 Å². The van der Waals surface area contributed by atoms with Crippen molar-refractivity contribution in [3.63, 3.8) is 0 Å². The minimum Gasteiger partial charge on any atom is -0.465 e. The van der Waals surface area contributed by atoms with Crippen molar-refractivity contribution in [3.05, 3.63) is 42.7 Å². The number of aromatic amines is 1. The molecule has 0 aliphatic rings. The second-order valence-electron chi connectivity index (χ2n) is 4.59. The number of nitrogens with one attached hydrogen (secondary N) is 2. The van der Waals surface area contributed by atoms with Crippen molar-refractivity contribution in [2.75, 3.05) is 11.6 Å². The molecule has 116 valence electrons. The lowest BCUT2D eigenvalue weighted by Gasteiger charge is -2.05. The fourth-order valence-corrected chi connectivity index (χ4v) is 2.49. The maximum absolute atomic E-state index is 10.6. The van der Waals surface area contributed by atoms with Crippen LogP contribution in [0.15, 0.2) is 47.9 Å². The summed E-state index contributed by atoms with van der Waals surface area (Å²) in [4.78, 5) is 19.3. The molecule has 0 atom stereocenters. The summed E-state index contributed by atoms with van der Waals surface area (Å²) in [6.45, 7) is 0. The first kappa shape index (κ1) is 15.0. The standard InChI is InChI=1S/C15H13N5O2S/c1-23-14-16-7-6-12(19-14)11-8-17-20-13(11)9-2-4-10(5-3-9)18-15(21)22/h2-8,18H,1H3,(H,17,20)(H,21,22). The molecule has 3 N–H and O–H groups in total. The third-order valence-electron chi connectivity index (χ3n) is 3.16. The van der Waals surface area contributed by atoms with Crippen LogP contribution in [0, 0.1) is 0 Å². The number of aromatic nitrogens is 4. The average molecular weight is 327 g/mol. The van der Waals surface area contributed by atoms with E-state index in [9.17, 15) is 4.79 Å². The van der Waals surface area contributed by atoms with Crippen LogP contribution in [0.2, 0.25) is 0 Å². The molecule has 3 rings (SSSR count). The first-order valence-electron chi connectivity index (χ1n) is 6.68. The summed E-state index contributed by atoms with van der Waals surface area (Å²) < 4.78 is 0. The number of carbonyl (C=O) groups is 1. The summed E-state index contributed by atoms with van der Waals surface area (Å²) in [5.74, 6) is 0. The van der Waals surface area contributed by atoms with Gasteiger partial charge in [-0.25, -0.2) is 14.8 Å². The van der Waals surface area contributed by atoms with Crippen LogP contribution in [0.1, 0.15) is 0 Å². The van der Waals surface area contributed by atoms with Crippen molar-refractivity contribution in [1.29, 1.82) is 0 Å². The molecule has 0 bridgehead atoms. The SMILES string of the molecule is CSc1nccc(-c2cn[nH]c2-c2ccc(NC(=O)O)cc2)n1. The van der Waals surface area contributed by atoms with Gasteiger partial charge in [-0.3, -0.25) is 10.4 Å². The average Bonchev–Trinajstić information content (AvgIpc) is 3.05. The van der Waals surface area contributed by atoms with Crippen molar-refractivity contribution < 1.29 is 9.90 Å². The molecule has 0 spiro atoms. The highest BCUT2D eigenvalue weighted by molar-refractivity contribution is 7.98. The van der Waals surface area contributed by atoms with Crippen LogP contribution in [-0.2, 0) is 0 Å².